The van der Waals surface area contributed by atoms with Gasteiger partial charge in [-0.25, -0.2) is 0 Å². The van der Waals surface area contributed by atoms with Gasteiger partial charge in [0.25, 0.3) is 5.91 Å². The van der Waals surface area contributed by atoms with Crippen LogP contribution in [0, 0.1) is 0 Å². The lowest BCUT2D eigenvalue weighted by molar-refractivity contribution is 0.0949. The summed E-state index contributed by atoms with van der Waals surface area (Å²) in [5.74, 6) is -0.183. The predicted octanol–water partition coefficient (Wildman–Crippen LogP) is 3.16. The van der Waals surface area contributed by atoms with Gasteiger partial charge in [0, 0.05) is 43.7 Å². The van der Waals surface area contributed by atoms with Crippen LogP contribution in [0.4, 0.5) is 5.69 Å². The fourth-order valence-electron chi connectivity index (χ4n) is 2.22. The number of methoxy groups -OCH3 is 1. The summed E-state index contributed by atoms with van der Waals surface area (Å²) >= 11 is 5.95. The molecule has 1 heterocycles. The summed E-state index contributed by atoms with van der Waals surface area (Å²) in [6.07, 6.45) is 3.26. The first-order valence-electron chi connectivity index (χ1n) is 7.90. The molecule has 0 fully saturated rings. The van der Waals surface area contributed by atoms with E-state index in [1.54, 1.807) is 19.4 Å². The Balaban J connectivity index is 1.81. The van der Waals surface area contributed by atoms with Gasteiger partial charge >= 0.3 is 0 Å². The summed E-state index contributed by atoms with van der Waals surface area (Å²) in [5.41, 5.74) is 2.36. The summed E-state index contributed by atoms with van der Waals surface area (Å²) in [4.78, 5) is 16.3. The van der Waals surface area contributed by atoms with Gasteiger partial charge in [0.15, 0.2) is 0 Å². The highest BCUT2D eigenvalue weighted by Gasteiger charge is 2.07. The second kappa shape index (κ2) is 9.90. The third-order valence-electron chi connectivity index (χ3n) is 3.44. The van der Waals surface area contributed by atoms with Crippen LogP contribution in [0.3, 0.4) is 0 Å². The zero-order valence-electron chi connectivity index (χ0n) is 13.7. The van der Waals surface area contributed by atoms with E-state index in [2.05, 4.69) is 15.6 Å². The van der Waals surface area contributed by atoms with Crippen LogP contribution in [-0.2, 0) is 11.2 Å². The third kappa shape index (κ3) is 6.18. The minimum absolute atomic E-state index is 0.183. The smallest absolute Gasteiger partial charge is 0.269 e. The largest absolute Gasteiger partial charge is 0.385 e. The van der Waals surface area contributed by atoms with E-state index in [9.17, 15) is 4.79 Å². The van der Waals surface area contributed by atoms with Crippen LogP contribution in [0.5, 0.6) is 0 Å². The van der Waals surface area contributed by atoms with Crippen LogP contribution in [-0.4, -0.2) is 37.7 Å². The topological polar surface area (TPSA) is 63.2 Å². The van der Waals surface area contributed by atoms with Gasteiger partial charge in [-0.1, -0.05) is 23.7 Å². The summed E-state index contributed by atoms with van der Waals surface area (Å²) in [6.45, 7) is 2.02. The lowest BCUT2D eigenvalue weighted by Crippen LogP contribution is -2.26. The molecule has 6 heteroatoms. The molecule has 0 saturated carbocycles. The molecule has 128 valence electrons. The molecule has 1 amide bonds. The molecule has 0 atom stereocenters. The lowest BCUT2D eigenvalue weighted by Gasteiger charge is -2.08. The number of aromatic nitrogens is 1. The van der Waals surface area contributed by atoms with E-state index in [-0.39, 0.29) is 5.91 Å². The Labute approximate surface area is 147 Å². The molecule has 2 aromatic rings. The van der Waals surface area contributed by atoms with Crippen molar-refractivity contribution < 1.29 is 9.53 Å². The molecule has 1 aromatic heterocycles. The highest BCUT2D eigenvalue weighted by atomic mass is 35.5. The van der Waals surface area contributed by atoms with Gasteiger partial charge in [-0.2, -0.15) is 0 Å². The van der Waals surface area contributed by atoms with Crippen molar-refractivity contribution in [1.29, 1.82) is 0 Å². The Kier molecular flexibility index (Phi) is 7.52. The van der Waals surface area contributed by atoms with Crippen LogP contribution in [0.1, 0.15) is 22.5 Å². The Hall–Kier alpha value is -2.11. The number of hydrogen-bond donors (Lipinski definition) is 2. The first kappa shape index (κ1) is 18.2. The van der Waals surface area contributed by atoms with Crippen LogP contribution >= 0.6 is 11.6 Å². The zero-order valence-corrected chi connectivity index (χ0v) is 14.5. The Morgan fingerprint density at radius 3 is 2.92 bits per heavy atom. The van der Waals surface area contributed by atoms with Crippen molar-refractivity contribution in [3.05, 3.63) is 58.9 Å². The maximum Gasteiger partial charge on any atom is 0.269 e. The third-order valence-corrected chi connectivity index (χ3v) is 3.67. The van der Waals surface area contributed by atoms with Crippen molar-refractivity contribution in [3.8, 4) is 0 Å². The number of hydrogen-bond acceptors (Lipinski definition) is 4. The van der Waals surface area contributed by atoms with Crippen LogP contribution in [0.2, 0.25) is 5.02 Å². The van der Waals surface area contributed by atoms with E-state index >= 15 is 0 Å². The molecular weight excluding hydrogens is 326 g/mol. The number of carbonyl (C=O) groups excluding carboxylic acids is 1. The average Bonchev–Trinajstić information content (AvgIpc) is 2.59. The van der Waals surface area contributed by atoms with Gasteiger partial charge < -0.3 is 15.4 Å². The summed E-state index contributed by atoms with van der Waals surface area (Å²) in [7, 11) is 1.68. The van der Waals surface area contributed by atoms with E-state index < -0.39 is 0 Å². The molecule has 0 bridgehead atoms. The first-order chi connectivity index (χ1) is 11.7. The van der Waals surface area contributed by atoms with E-state index in [0.29, 0.717) is 23.9 Å². The number of anilines is 1. The molecule has 0 aliphatic carbocycles. The average molecular weight is 348 g/mol. The van der Waals surface area contributed by atoms with Gasteiger partial charge in [0.2, 0.25) is 0 Å². The van der Waals surface area contributed by atoms with E-state index in [4.69, 9.17) is 16.3 Å². The fourth-order valence-corrected chi connectivity index (χ4v) is 2.43. The van der Waals surface area contributed by atoms with Crippen molar-refractivity contribution >= 4 is 23.2 Å². The van der Waals surface area contributed by atoms with Crippen molar-refractivity contribution in [2.75, 3.05) is 32.1 Å². The number of nitrogens with zero attached hydrogens (tertiary/aromatic N) is 1. The van der Waals surface area contributed by atoms with E-state index in [1.165, 1.54) is 0 Å². The SMILES string of the molecule is COCCCNc1ccnc(C(=O)NCCc2cccc(Cl)c2)c1. The highest BCUT2D eigenvalue weighted by molar-refractivity contribution is 6.30. The molecular formula is C18H22ClN3O2. The quantitative estimate of drug-likeness (QED) is 0.684. The molecule has 1 aromatic carbocycles. The second-order valence-electron chi connectivity index (χ2n) is 5.34. The minimum Gasteiger partial charge on any atom is -0.385 e. The maximum absolute atomic E-state index is 12.2. The molecule has 0 spiro atoms. The number of carbonyl (C=O) groups is 1. The van der Waals surface area contributed by atoms with E-state index in [0.717, 1.165) is 30.6 Å². The molecule has 2 rings (SSSR count). The van der Waals surface area contributed by atoms with Crippen molar-refractivity contribution in [2.45, 2.75) is 12.8 Å². The van der Waals surface area contributed by atoms with Gasteiger partial charge in [-0.15, -0.1) is 0 Å². The number of halogens is 1. The Morgan fingerprint density at radius 2 is 2.12 bits per heavy atom. The molecule has 0 saturated heterocycles. The number of benzene rings is 1. The number of amides is 1. The number of pyridine rings is 1. The first-order valence-corrected chi connectivity index (χ1v) is 8.28. The van der Waals surface area contributed by atoms with Crippen LogP contribution in [0.25, 0.3) is 0 Å². The van der Waals surface area contributed by atoms with Crippen molar-refractivity contribution in [1.82, 2.24) is 10.3 Å². The number of nitrogens with one attached hydrogen (secondary N) is 2. The van der Waals surface area contributed by atoms with Crippen LogP contribution in [0.15, 0.2) is 42.6 Å². The second-order valence-corrected chi connectivity index (χ2v) is 5.78. The normalized spacial score (nSPS) is 10.4. The Bertz CT molecular complexity index is 664. The highest BCUT2D eigenvalue weighted by Crippen LogP contribution is 2.11. The Morgan fingerprint density at radius 1 is 1.25 bits per heavy atom. The lowest BCUT2D eigenvalue weighted by atomic mass is 10.1. The standard InChI is InChI=1S/C18H22ClN3O2/c1-24-11-3-8-20-16-7-10-21-17(13-16)18(23)22-9-6-14-4-2-5-15(19)12-14/h2,4-5,7,10,12-13H,3,6,8-9,11H2,1H3,(H,20,21)(H,22,23). The molecule has 0 radical (unpaired) electrons. The molecule has 24 heavy (non-hydrogen) atoms. The summed E-state index contributed by atoms with van der Waals surface area (Å²) in [5, 5.41) is 6.83. The minimum atomic E-state index is -0.183. The molecule has 0 aliphatic rings. The monoisotopic (exact) mass is 347 g/mol. The van der Waals surface area contributed by atoms with E-state index in [1.807, 2.05) is 30.3 Å². The molecule has 2 N–H and O–H groups in total. The zero-order chi connectivity index (χ0) is 17.2. The predicted molar refractivity (Wildman–Crippen MR) is 96.7 cm³/mol. The summed E-state index contributed by atoms with van der Waals surface area (Å²) in [6, 6.07) is 11.2. The van der Waals surface area contributed by atoms with Crippen molar-refractivity contribution in [3.63, 3.8) is 0 Å². The van der Waals surface area contributed by atoms with Crippen molar-refractivity contribution in [2.24, 2.45) is 0 Å². The van der Waals surface area contributed by atoms with Crippen LogP contribution < -0.4 is 10.6 Å². The number of ether oxygens (including phenoxy) is 1. The molecule has 0 unspecified atom stereocenters. The van der Waals surface area contributed by atoms with Gasteiger partial charge in [-0.3, -0.25) is 9.78 Å². The molecule has 5 nitrogen and oxygen atoms in total. The van der Waals surface area contributed by atoms with Gasteiger partial charge in [-0.05, 0) is 42.7 Å². The summed E-state index contributed by atoms with van der Waals surface area (Å²) < 4.78 is 5.01. The fraction of sp³-hybridized carbons (Fsp3) is 0.333. The van der Waals surface area contributed by atoms with Gasteiger partial charge in [0.1, 0.15) is 5.69 Å². The maximum atomic E-state index is 12.2. The van der Waals surface area contributed by atoms with Gasteiger partial charge in [0.05, 0.1) is 0 Å². The number of rotatable bonds is 9. The molecule has 0 aliphatic heterocycles.